The van der Waals surface area contributed by atoms with Crippen LogP contribution < -0.4 is 0 Å². The maximum Gasteiger partial charge on any atom is 0.272 e. The lowest BCUT2D eigenvalue weighted by molar-refractivity contribution is -0.00719. The second-order valence-corrected chi connectivity index (χ2v) is 8.09. The maximum atomic E-state index is 13.4. The van der Waals surface area contributed by atoms with Gasteiger partial charge in [0.25, 0.3) is 5.91 Å². The molecule has 0 bridgehead atoms. The normalized spacial score (nSPS) is 27.7. The topological polar surface area (TPSA) is 50.6 Å². The fourth-order valence-electron chi connectivity index (χ4n) is 4.97. The molecule has 6 nitrogen and oxygen atoms in total. The van der Waals surface area contributed by atoms with Crippen LogP contribution in [0.4, 0.5) is 0 Å². The summed E-state index contributed by atoms with van der Waals surface area (Å²) in [7, 11) is 0. The molecular formula is C20H32N4O2. The van der Waals surface area contributed by atoms with E-state index in [0.29, 0.717) is 0 Å². The van der Waals surface area contributed by atoms with Gasteiger partial charge in [0.05, 0.1) is 17.9 Å². The first-order valence-electron chi connectivity index (χ1n) is 10.4. The monoisotopic (exact) mass is 360 g/mol. The number of aryl methyl sites for hydroxylation is 1. The van der Waals surface area contributed by atoms with E-state index in [0.717, 1.165) is 62.1 Å². The molecule has 1 aromatic rings. The molecule has 2 aliphatic heterocycles. The third kappa shape index (κ3) is 3.18. The Labute approximate surface area is 156 Å². The van der Waals surface area contributed by atoms with E-state index in [4.69, 9.17) is 9.84 Å². The molecule has 4 rings (SSSR count). The average Bonchev–Trinajstić information content (AvgIpc) is 3.29. The SMILES string of the molecule is CCn1nc2c(c1C(=O)N1CCN(C3CCCC3)CC1)C[C@H](C)O[C@@H]2C. The minimum atomic E-state index is -0.0349. The van der Waals surface area contributed by atoms with Gasteiger partial charge in [-0.15, -0.1) is 0 Å². The van der Waals surface area contributed by atoms with Gasteiger partial charge in [0, 0.05) is 50.7 Å². The third-order valence-corrected chi connectivity index (χ3v) is 6.34. The summed E-state index contributed by atoms with van der Waals surface area (Å²) in [5.74, 6) is 0.160. The van der Waals surface area contributed by atoms with Crippen LogP contribution in [0.5, 0.6) is 0 Å². The molecule has 3 aliphatic rings. The fraction of sp³-hybridized carbons (Fsp3) is 0.800. The molecule has 1 saturated heterocycles. The smallest absolute Gasteiger partial charge is 0.272 e. The van der Waals surface area contributed by atoms with Crippen molar-refractivity contribution in [2.24, 2.45) is 0 Å². The van der Waals surface area contributed by atoms with Gasteiger partial charge >= 0.3 is 0 Å². The number of fused-ring (bicyclic) bond motifs is 1. The number of rotatable bonds is 3. The predicted octanol–water partition coefficient (Wildman–Crippen LogP) is 2.63. The third-order valence-electron chi connectivity index (χ3n) is 6.34. The minimum Gasteiger partial charge on any atom is -0.369 e. The van der Waals surface area contributed by atoms with Crippen LogP contribution in [0, 0.1) is 0 Å². The van der Waals surface area contributed by atoms with Crippen molar-refractivity contribution in [1.82, 2.24) is 19.6 Å². The van der Waals surface area contributed by atoms with Crippen molar-refractivity contribution in [2.75, 3.05) is 26.2 Å². The standard InChI is InChI=1S/C20H32N4O2/c1-4-24-19(17-13-14(2)26-15(3)18(17)21-24)20(25)23-11-9-22(10-12-23)16-7-5-6-8-16/h14-16H,4-13H2,1-3H3/t14-,15+/m0/s1. The molecule has 144 valence electrons. The Balaban J connectivity index is 1.52. The molecule has 1 aliphatic carbocycles. The van der Waals surface area contributed by atoms with Crippen LogP contribution in [0.2, 0.25) is 0 Å². The molecule has 0 aromatic carbocycles. The summed E-state index contributed by atoms with van der Waals surface area (Å²) in [6.45, 7) is 10.6. The Hall–Kier alpha value is -1.40. The number of piperazine rings is 1. The summed E-state index contributed by atoms with van der Waals surface area (Å²) in [5, 5.41) is 4.71. The molecule has 6 heteroatoms. The Morgan fingerprint density at radius 3 is 2.50 bits per heavy atom. The first kappa shape index (κ1) is 18.0. The van der Waals surface area contributed by atoms with Crippen LogP contribution in [0.15, 0.2) is 0 Å². The lowest BCUT2D eigenvalue weighted by Crippen LogP contribution is -2.51. The van der Waals surface area contributed by atoms with Crippen molar-refractivity contribution in [3.8, 4) is 0 Å². The number of nitrogens with zero attached hydrogens (tertiary/aromatic N) is 4. The minimum absolute atomic E-state index is 0.0349. The van der Waals surface area contributed by atoms with Crippen molar-refractivity contribution >= 4 is 5.91 Å². The second kappa shape index (κ2) is 7.31. The fourth-order valence-corrected chi connectivity index (χ4v) is 4.97. The number of hydrogen-bond donors (Lipinski definition) is 0. The van der Waals surface area contributed by atoms with E-state index >= 15 is 0 Å². The summed E-state index contributed by atoms with van der Waals surface area (Å²) >= 11 is 0. The zero-order valence-corrected chi connectivity index (χ0v) is 16.4. The number of carbonyl (C=O) groups excluding carboxylic acids is 1. The van der Waals surface area contributed by atoms with Crippen molar-refractivity contribution < 1.29 is 9.53 Å². The van der Waals surface area contributed by atoms with Crippen molar-refractivity contribution in [3.05, 3.63) is 17.0 Å². The Morgan fingerprint density at radius 1 is 1.15 bits per heavy atom. The Morgan fingerprint density at radius 2 is 1.85 bits per heavy atom. The zero-order chi connectivity index (χ0) is 18.3. The number of carbonyl (C=O) groups is 1. The number of hydrogen-bond acceptors (Lipinski definition) is 4. The van der Waals surface area contributed by atoms with E-state index in [-0.39, 0.29) is 18.1 Å². The van der Waals surface area contributed by atoms with Gasteiger partial charge < -0.3 is 9.64 Å². The van der Waals surface area contributed by atoms with Gasteiger partial charge in [0.2, 0.25) is 0 Å². The largest absolute Gasteiger partial charge is 0.369 e. The molecular weight excluding hydrogens is 328 g/mol. The van der Waals surface area contributed by atoms with Crippen molar-refractivity contribution in [3.63, 3.8) is 0 Å². The highest BCUT2D eigenvalue weighted by atomic mass is 16.5. The lowest BCUT2D eigenvalue weighted by atomic mass is 9.99. The maximum absolute atomic E-state index is 13.4. The van der Waals surface area contributed by atoms with Crippen LogP contribution >= 0.6 is 0 Å². The second-order valence-electron chi connectivity index (χ2n) is 8.09. The summed E-state index contributed by atoms with van der Waals surface area (Å²) < 4.78 is 7.81. The van der Waals surface area contributed by atoms with Gasteiger partial charge in [-0.25, -0.2) is 0 Å². The highest BCUT2D eigenvalue weighted by Crippen LogP contribution is 2.32. The molecule has 2 fully saturated rings. The van der Waals surface area contributed by atoms with Gasteiger partial charge in [-0.3, -0.25) is 14.4 Å². The predicted molar refractivity (Wildman–Crippen MR) is 100 cm³/mol. The van der Waals surface area contributed by atoms with Gasteiger partial charge in [0.15, 0.2) is 0 Å². The molecule has 0 radical (unpaired) electrons. The van der Waals surface area contributed by atoms with E-state index in [1.54, 1.807) is 0 Å². The van der Waals surface area contributed by atoms with Crippen molar-refractivity contribution in [1.29, 1.82) is 0 Å². The van der Waals surface area contributed by atoms with E-state index in [9.17, 15) is 4.79 Å². The summed E-state index contributed by atoms with van der Waals surface area (Å²) in [6.07, 6.45) is 6.28. The molecule has 26 heavy (non-hydrogen) atoms. The van der Waals surface area contributed by atoms with Crippen LogP contribution in [0.1, 0.15) is 74.3 Å². The summed E-state index contributed by atoms with van der Waals surface area (Å²) in [6, 6.07) is 0.750. The lowest BCUT2D eigenvalue weighted by Gasteiger charge is -2.38. The highest BCUT2D eigenvalue weighted by molar-refractivity contribution is 5.94. The molecule has 0 spiro atoms. The molecule has 1 amide bonds. The van der Waals surface area contributed by atoms with Crippen LogP contribution in [-0.2, 0) is 17.7 Å². The van der Waals surface area contributed by atoms with Crippen LogP contribution in [-0.4, -0.2) is 63.8 Å². The molecule has 1 aromatic heterocycles. The van der Waals surface area contributed by atoms with Crippen LogP contribution in [0.3, 0.4) is 0 Å². The summed E-state index contributed by atoms with van der Waals surface area (Å²) in [4.78, 5) is 18.0. The van der Waals surface area contributed by atoms with Gasteiger partial charge in [-0.2, -0.15) is 5.10 Å². The van der Waals surface area contributed by atoms with E-state index in [1.165, 1.54) is 25.7 Å². The first-order chi connectivity index (χ1) is 12.6. The molecule has 2 atom stereocenters. The van der Waals surface area contributed by atoms with E-state index in [1.807, 2.05) is 16.5 Å². The van der Waals surface area contributed by atoms with Gasteiger partial charge in [-0.1, -0.05) is 12.8 Å². The number of aromatic nitrogens is 2. The van der Waals surface area contributed by atoms with Crippen LogP contribution in [0.25, 0.3) is 0 Å². The first-order valence-corrected chi connectivity index (χ1v) is 10.4. The molecule has 0 N–H and O–H groups in total. The zero-order valence-electron chi connectivity index (χ0n) is 16.4. The van der Waals surface area contributed by atoms with Gasteiger partial charge in [0.1, 0.15) is 5.69 Å². The van der Waals surface area contributed by atoms with E-state index in [2.05, 4.69) is 18.7 Å². The highest BCUT2D eigenvalue weighted by Gasteiger charge is 2.35. The quantitative estimate of drug-likeness (QED) is 0.831. The Kier molecular flexibility index (Phi) is 5.06. The van der Waals surface area contributed by atoms with E-state index < -0.39 is 0 Å². The Bertz CT molecular complexity index is 657. The molecule has 1 saturated carbocycles. The van der Waals surface area contributed by atoms with Gasteiger partial charge in [-0.05, 0) is 33.6 Å². The molecule has 0 unspecified atom stereocenters. The summed E-state index contributed by atoms with van der Waals surface area (Å²) in [5.41, 5.74) is 2.87. The average molecular weight is 361 g/mol. The number of ether oxygens (including phenoxy) is 1. The number of amides is 1. The van der Waals surface area contributed by atoms with Crippen molar-refractivity contribution in [2.45, 2.75) is 77.7 Å². The molecule has 3 heterocycles.